The Hall–Kier alpha value is -4.45. The topological polar surface area (TPSA) is 99.0 Å². The Morgan fingerprint density at radius 3 is 2.79 bits per heavy atom. The summed E-state index contributed by atoms with van der Waals surface area (Å²) < 4.78 is 33.8. The van der Waals surface area contributed by atoms with Gasteiger partial charge in [-0.15, -0.1) is 0 Å². The van der Waals surface area contributed by atoms with Gasteiger partial charge in [-0.05, 0) is 44.4 Å². The number of ether oxygens (including phenoxy) is 1. The first-order chi connectivity index (χ1) is 18.7. The zero-order chi connectivity index (χ0) is 28.1. The summed E-state index contributed by atoms with van der Waals surface area (Å²) in [4.78, 5) is 25.0. The molecule has 1 unspecified atom stereocenters. The molecule has 3 N–H and O–H groups in total. The minimum Gasteiger partial charge on any atom is -0.433 e. The number of aryl methyl sites for hydroxylation is 1. The number of carbonyl (C=O) groups is 1. The van der Waals surface area contributed by atoms with Crippen LogP contribution in [0.3, 0.4) is 0 Å². The van der Waals surface area contributed by atoms with E-state index in [9.17, 15) is 13.6 Å². The lowest BCUT2D eigenvalue weighted by Crippen LogP contribution is -2.35. The molecule has 0 saturated heterocycles. The SMILES string of the molecule is C=CC(=O)Nc1cc(NC2N=CC=C(c3cn(C)c4cccnc34)N2)c(OC(F)F)cc1N(C)CCN(C)C. The number of halogens is 2. The van der Waals surface area contributed by atoms with Crippen molar-refractivity contribution in [3.63, 3.8) is 0 Å². The molecule has 0 aliphatic carbocycles. The van der Waals surface area contributed by atoms with Crippen LogP contribution in [0.15, 0.2) is 60.4 Å². The third-order valence-corrected chi connectivity index (χ3v) is 6.15. The monoisotopic (exact) mass is 538 g/mol. The molecule has 3 aromatic rings. The number of rotatable bonds is 11. The predicted octanol–water partition coefficient (Wildman–Crippen LogP) is 3.71. The molecule has 1 atom stereocenters. The normalized spacial score (nSPS) is 14.8. The maximum atomic E-state index is 13.4. The van der Waals surface area contributed by atoms with Gasteiger partial charge in [0.15, 0.2) is 12.0 Å². The number of carbonyl (C=O) groups excluding carboxylic acids is 1. The standard InChI is InChI=1S/C27H32F2N8O2/c1-6-24(38)32-19-14-20(23(39-26(28)29)15-22(19)36(4)13-12-35(2)3)34-27-31-11-9-18(33-27)17-16-37(5)21-8-7-10-30-25(17)21/h6-11,14-16,26-27,33-34H,1,12-13H2,2-5H3,(H,32,38). The van der Waals surface area contributed by atoms with Gasteiger partial charge in [-0.25, -0.2) is 4.99 Å². The Kier molecular flexibility index (Phi) is 8.45. The summed E-state index contributed by atoms with van der Waals surface area (Å²) >= 11 is 0. The van der Waals surface area contributed by atoms with Gasteiger partial charge < -0.3 is 35.1 Å². The Labute approximate surface area is 225 Å². The van der Waals surface area contributed by atoms with E-state index in [0.29, 0.717) is 24.5 Å². The molecule has 0 radical (unpaired) electrons. The molecule has 10 nitrogen and oxygen atoms in total. The molecule has 2 aromatic heterocycles. The van der Waals surface area contributed by atoms with Crippen molar-refractivity contribution in [1.82, 2.24) is 19.8 Å². The first kappa shape index (κ1) is 27.6. The molecule has 39 heavy (non-hydrogen) atoms. The van der Waals surface area contributed by atoms with Gasteiger partial charge in [-0.2, -0.15) is 8.78 Å². The number of benzene rings is 1. The van der Waals surface area contributed by atoms with Crippen LogP contribution in [0.2, 0.25) is 0 Å². The molecular weight excluding hydrogens is 506 g/mol. The van der Waals surface area contributed by atoms with Gasteiger partial charge in [0.2, 0.25) is 5.91 Å². The van der Waals surface area contributed by atoms with Gasteiger partial charge in [-0.3, -0.25) is 9.78 Å². The van der Waals surface area contributed by atoms with E-state index in [0.717, 1.165) is 28.4 Å². The molecular formula is C27H32F2N8O2. The number of nitrogens with zero attached hydrogens (tertiary/aromatic N) is 5. The second-order valence-electron chi connectivity index (χ2n) is 9.26. The lowest BCUT2D eigenvalue weighted by Gasteiger charge is -2.28. The zero-order valence-electron chi connectivity index (χ0n) is 22.3. The van der Waals surface area contributed by atoms with Gasteiger partial charge in [0.05, 0.1) is 28.1 Å². The highest BCUT2D eigenvalue weighted by Crippen LogP contribution is 2.38. The van der Waals surface area contributed by atoms with E-state index >= 15 is 0 Å². The van der Waals surface area contributed by atoms with E-state index in [-0.39, 0.29) is 11.4 Å². The number of hydrogen-bond donors (Lipinski definition) is 3. The second-order valence-corrected chi connectivity index (χ2v) is 9.26. The molecule has 1 aliphatic heterocycles. The van der Waals surface area contributed by atoms with Crippen LogP contribution >= 0.6 is 0 Å². The first-order valence-electron chi connectivity index (χ1n) is 12.3. The van der Waals surface area contributed by atoms with E-state index in [1.165, 1.54) is 6.07 Å². The Morgan fingerprint density at radius 1 is 1.28 bits per heavy atom. The third kappa shape index (κ3) is 6.52. The summed E-state index contributed by atoms with van der Waals surface area (Å²) in [7, 11) is 7.61. The third-order valence-electron chi connectivity index (χ3n) is 6.15. The Bertz CT molecular complexity index is 1420. The fraction of sp³-hybridized carbons (Fsp3) is 0.296. The fourth-order valence-corrected chi connectivity index (χ4v) is 4.18. The largest absolute Gasteiger partial charge is 0.433 e. The van der Waals surface area contributed by atoms with Crippen molar-refractivity contribution in [3.8, 4) is 5.75 Å². The number of fused-ring (bicyclic) bond motifs is 1. The van der Waals surface area contributed by atoms with Crippen molar-refractivity contribution < 1.29 is 18.3 Å². The van der Waals surface area contributed by atoms with Crippen LogP contribution in [-0.4, -0.2) is 73.7 Å². The van der Waals surface area contributed by atoms with Gasteiger partial charge in [0.25, 0.3) is 0 Å². The number of allylic oxidation sites excluding steroid dienone is 1. The molecule has 3 heterocycles. The number of likely N-dealkylation sites (N-methyl/N-ethyl adjacent to an activating group) is 2. The highest BCUT2D eigenvalue weighted by Gasteiger charge is 2.22. The highest BCUT2D eigenvalue weighted by atomic mass is 19.3. The Balaban J connectivity index is 1.66. The summed E-state index contributed by atoms with van der Waals surface area (Å²) in [6.07, 6.45) is 7.55. The summed E-state index contributed by atoms with van der Waals surface area (Å²) in [6.45, 7) is 1.73. The maximum absolute atomic E-state index is 13.4. The van der Waals surface area contributed by atoms with Crippen molar-refractivity contribution in [2.75, 3.05) is 49.8 Å². The molecule has 12 heteroatoms. The van der Waals surface area contributed by atoms with Crippen molar-refractivity contribution >= 4 is 45.9 Å². The number of nitrogens with one attached hydrogen (secondary N) is 3. The van der Waals surface area contributed by atoms with Crippen LogP contribution < -0.4 is 25.6 Å². The average molecular weight is 539 g/mol. The van der Waals surface area contributed by atoms with E-state index in [1.54, 1.807) is 18.5 Å². The lowest BCUT2D eigenvalue weighted by molar-refractivity contribution is -0.111. The number of amides is 1. The van der Waals surface area contributed by atoms with Crippen LogP contribution in [0.5, 0.6) is 5.75 Å². The average Bonchev–Trinajstić information content (AvgIpc) is 3.25. The minimum absolute atomic E-state index is 0.0896. The van der Waals surface area contributed by atoms with Gasteiger partial charge in [0, 0.05) is 63.1 Å². The molecule has 206 valence electrons. The van der Waals surface area contributed by atoms with E-state index in [1.807, 2.05) is 67.0 Å². The molecule has 1 aliphatic rings. The second kappa shape index (κ2) is 11.9. The first-order valence-corrected chi connectivity index (χ1v) is 12.3. The minimum atomic E-state index is -3.06. The molecule has 1 aromatic carbocycles. The zero-order valence-corrected chi connectivity index (χ0v) is 22.3. The van der Waals surface area contributed by atoms with Crippen molar-refractivity contribution in [2.45, 2.75) is 12.9 Å². The molecule has 0 saturated carbocycles. The molecule has 0 spiro atoms. The Morgan fingerprint density at radius 2 is 2.08 bits per heavy atom. The summed E-state index contributed by atoms with van der Waals surface area (Å²) in [5.41, 5.74) is 4.52. The van der Waals surface area contributed by atoms with Gasteiger partial charge in [0.1, 0.15) is 0 Å². The van der Waals surface area contributed by atoms with E-state index in [4.69, 9.17) is 4.74 Å². The number of hydrogen-bond acceptors (Lipinski definition) is 8. The van der Waals surface area contributed by atoms with E-state index in [2.05, 4.69) is 32.5 Å². The summed E-state index contributed by atoms with van der Waals surface area (Å²) in [5, 5.41) is 9.17. The van der Waals surface area contributed by atoms with Gasteiger partial charge >= 0.3 is 6.61 Å². The molecule has 0 fully saturated rings. The van der Waals surface area contributed by atoms with Gasteiger partial charge in [-0.1, -0.05) is 6.58 Å². The molecule has 1 amide bonds. The molecule has 4 rings (SSSR count). The smallest absolute Gasteiger partial charge is 0.387 e. The van der Waals surface area contributed by atoms with Crippen LogP contribution in [0.1, 0.15) is 5.56 Å². The van der Waals surface area contributed by atoms with Crippen LogP contribution in [0.25, 0.3) is 16.7 Å². The molecule has 0 bridgehead atoms. The van der Waals surface area contributed by atoms with Crippen molar-refractivity contribution in [2.24, 2.45) is 12.0 Å². The number of alkyl halides is 2. The van der Waals surface area contributed by atoms with E-state index < -0.39 is 18.8 Å². The number of anilines is 3. The van der Waals surface area contributed by atoms with Crippen LogP contribution in [-0.2, 0) is 11.8 Å². The van der Waals surface area contributed by atoms with Crippen molar-refractivity contribution in [1.29, 1.82) is 0 Å². The van der Waals surface area contributed by atoms with Crippen LogP contribution in [0, 0.1) is 0 Å². The number of pyridine rings is 1. The summed E-state index contributed by atoms with van der Waals surface area (Å²) in [5.74, 6) is -0.526. The quantitative estimate of drug-likeness (QED) is 0.320. The highest BCUT2D eigenvalue weighted by molar-refractivity contribution is 6.02. The fourth-order valence-electron chi connectivity index (χ4n) is 4.18. The number of aromatic nitrogens is 2. The predicted molar refractivity (Wildman–Crippen MR) is 151 cm³/mol. The van der Waals surface area contributed by atoms with Crippen LogP contribution in [0.4, 0.5) is 25.8 Å². The lowest BCUT2D eigenvalue weighted by atomic mass is 10.1. The number of aliphatic imine (C=N–C) groups is 1. The maximum Gasteiger partial charge on any atom is 0.387 e. The van der Waals surface area contributed by atoms with Crippen molar-refractivity contribution in [3.05, 3.63) is 61.0 Å². The summed E-state index contributed by atoms with van der Waals surface area (Å²) in [6, 6.07) is 6.87.